The van der Waals surface area contributed by atoms with E-state index in [-0.39, 0.29) is 95.2 Å². The third-order valence-corrected chi connectivity index (χ3v) is 9.10. The number of halogens is 18. The Hall–Kier alpha value is -2.08. The van der Waals surface area contributed by atoms with Crippen LogP contribution in [-0.4, -0.2) is 75.0 Å². The van der Waals surface area contributed by atoms with Gasteiger partial charge >= 0.3 is 45.3 Å². The normalized spacial score (nSPS) is 31.7. The molecule has 0 aromatic heterocycles. The Balaban J connectivity index is 0.000000278. The quantitative estimate of drug-likeness (QED) is 0.117. The summed E-state index contributed by atoms with van der Waals surface area (Å²) in [5, 5.41) is 16.1. The topological polar surface area (TPSA) is 56.4 Å². The van der Waals surface area contributed by atoms with Crippen LogP contribution in [0.3, 0.4) is 0 Å². The molecule has 4 fully saturated rings. The van der Waals surface area contributed by atoms with E-state index in [0.717, 1.165) is 24.3 Å². The predicted molar refractivity (Wildman–Crippen MR) is 178 cm³/mol. The monoisotopic (exact) mass is 1070 g/mol. The number of rotatable bonds is 3. The van der Waals surface area contributed by atoms with Gasteiger partial charge in [0.1, 0.15) is 0 Å². The molecule has 6 rings (SSSR count). The Morgan fingerprint density at radius 1 is 0.569 bits per heavy atom. The predicted octanol–water partition coefficient (Wildman–Crippen LogP) is 14.4. The SMILES string of the molecule is FC(F)(F)C1CC[N-]C(C2CC(C(F)(F)F)CC[N-]2)C1.FC1=C[C-](F)C(C2CCC(F)C[N-]2)=C=C1.FC1=C[C-](F)C(C2CCC(F)C[N-]2)=C=C1.F[P-](F)(F)(F)(F)F.[Ir]. The number of allylic oxidation sites excluding steroid dienone is 4. The Morgan fingerprint density at radius 2 is 0.897 bits per heavy atom. The molecule has 0 aromatic rings. The fourth-order valence-electron chi connectivity index (χ4n) is 6.33. The number of hydrogen-bond donors (Lipinski definition) is 0. The molecule has 4 saturated heterocycles. The van der Waals surface area contributed by atoms with Crippen molar-refractivity contribution in [3.05, 3.63) is 92.2 Å². The van der Waals surface area contributed by atoms with Crippen molar-refractivity contribution in [1.29, 1.82) is 0 Å². The second kappa shape index (κ2) is 20.2. The van der Waals surface area contributed by atoms with Crippen LogP contribution in [0.1, 0.15) is 51.4 Å². The first-order chi connectivity index (χ1) is 26.0. The van der Waals surface area contributed by atoms with Crippen molar-refractivity contribution >= 4 is 7.81 Å². The molecule has 58 heavy (non-hydrogen) atoms. The fourth-order valence-corrected chi connectivity index (χ4v) is 6.33. The summed E-state index contributed by atoms with van der Waals surface area (Å²) in [4.78, 5) is 0. The number of hydrogen-bond acceptors (Lipinski definition) is 0. The van der Waals surface area contributed by atoms with Crippen molar-refractivity contribution in [3.8, 4) is 0 Å². The third kappa shape index (κ3) is 19.5. The summed E-state index contributed by atoms with van der Waals surface area (Å²) >= 11 is 0. The molecular formula is C34H36F18IrN4P-7. The van der Waals surface area contributed by atoms with E-state index in [4.69, 9.17) is 0 Å². The van der Waals surface area contributed by atoms with Crippen LogP contribution in [-0.2, 0) is 20.1 Å². The molecule has 0 aromatic carbocycles. The molecule has 0 amide bonds. The van der Waals surface area contributed by atoms with Crippen molar-refractivity contribution in [3.63, 3.8) is 0 Å². The summed E-state index contributed by atoms with van der Waals surface area (Å²) in [5.74, 6) is -4.25. The van der Waals surface area contributed by atoms with Crippen LogP contribution in [0.4, 0.5) is 77.9 Å². The molecule has 0 spiro atoms. The van der Waals surface area contributed by atoms with Crippen molar-refractivity contribution in [2.75, 3.05) is 26.2 Å². The van der Waals surface area contributed by atoms with E-state index in [1.165, 1.54) is 0 Å². The summed E-state index contributed by atoms with van der Waals surface area (Å²) in [6.45, 7) is 0.291. The van der Waals surface area contributed by atoms with Crippen LogP contribution in [0.2, 0.25) is 0 Å². The Kier molecular flexibility index (Phi) is 18.1. The van der Waals surface area contributed by atoms with Gasteiger partial charge in [-0.25, -0.2) is 8.78 Å². The molecule has 0 bridgehead atoms. The standard InChI is InChI=1S/C12H16F6N2.2C11H10F3N.F6P.Ir/c13-11(14,15)7-1-3-19-9(5-7)10-6-8(2-4-20-10)12(16,17)18;2*12-7-1-3-9(10(14)5-7)11-4-2-8(13)6-15-11;1-7(2,3,4,5)6;/h7-10H,1-6H2;2*1,5,8,11H,2,4,6H2;;/q3*-2;-1;. The molecule has 8 atom stereocenters. The van der Waals surface area contributed by atoms with Crippen molar-refractivity contribution < 1.29 is 98.0 Å². The van der Waals surface area contributed by atoms with Gasteiger partial charge in [-0.05, 0) is 12.8 Å². The number of alkyl halides is 8. The van der Waals surface area contributed by atoms with E-state index < -0.39 is 80.4 Å². The minimum absolute atomic E-state index is 0. The molecule has 4 heterocycles. The number of nitrogens with zero attached hydrogens (tertiary/aromatic N) is 4. The van der Waals surface area contributed by atoms with E-state index >= 15 is 0 Å². The van der Waals surface area contributed by atoms with Crippen molar-refractivity contribution in [2.45, 2.75) is 100 Å². The van der Waals surface area contributed by atoms with Crippen LogP contribution in [0.15, 0.2) is 58.6 Å². The zero-order valence-corrected chi connectivity index (χ0v) is 33.1. The molecular weight excluding hydrogens is 1030 g/mol. The first-order valence-electron chi connectivity index (χ1n) is 17.3. The molecule has 0 saturated carbocycles. The van der Waals surface area contributed by atoms with Gasteiger partial charge in [0.15, 0.2) is 0 Å². The van der Waals surface area contributed by atoms with Gasteiger partial charge in [-0.1, -0.05) is 38.5 Å². The maximum Gasteiger partial charge on any atom is 0 e. The van der Waals surface area contributed by atoms with Crippen molar-refractivity contribution in [2.24, 2.45) is 11.8 Å². The maximum atomic E-state index is 13.3. The van der Waals surface area contributed by atoms with Gasteiger partial charge in [0.05, 0.1) is 24.2 Å². The van der Waals surface area contributed by atoms with Crippen LogP contribution in [0.5, 0.6) is 0 Å². The molecule has 6 aliphatic rings. The molecule has 4 nitrogen and oxygen atoms in total. The molecule has 339 valence electrons. The van der Waals surface area contributed by atoms with Crippen molar-refractivity contribution in [1.82, 2.24) is 0 Å². The van der Waals surface area contributed by atoms with Crippen LogP contribution in [0.25, 0.3) is 21.3 Å². The van der Waals surface area contributed by atoms with Gasteiger partial charge in [0.25, 0.3) is 0 Å². The van der Waals surface area contributed by atoms with Gasteiger partial charge in [0, 0.05) is 44.1 Å². The minimum Gasteiger partial charge on any atom is 0 e. The largest absolute Gasteiger partial charge is 0 e. The summed E-state index contributed by atoms with van der Waals surface area (Å²) in [5.41, 5.74) is 5.52. The first-order valence-corrected chi connectivity index (χ1v) is 19.4. The van der Waals surface area contributed by atoms with Gasteiger partial charge in [0.2, 0.25) is 0 Å². The van der Waals surface area contributed by atoms with Crippen LogP contribution in [0, 0.1) is 24.2 Å². The van der Waals surface area contributed by atoms with E-state index in [1.807, 2.05) is 0 Å². The molecule has 24 heteroatoms. The minimum atomic E-state index is -10.7. The Bertz CT molecular complexity index is 1420. The third-order valence-electron chi connectivity index (χ3n) is 9.10. The summed E-state index contributed by atoms with van der Waals surface area (Å²) in [6, 6.07) is -2.20. The first kappa shape index (κ1) is 52.1. The maximum absolute atomic E-state index is 13.3. The van der Waals surface area contributed by atoms with E-state index in [2.05, 4.69) is 32.7 Å². The average Bonchev–Trinajstić information content (AvgIpc) is 3.08. The zero-order valence-electron chi connectivity index (χ0n) is 29.8. The smallest absolute Gasteiger partial charge is 0 e. The molecule has 4 aliphatic heterocycles. The van der Waals surface area contributed by atoms with E-state index in [1.54, 1.807) is 0 Å². The molecule has 2 aliphatic carbocycles. The second-order valence-corrected chi connectivity index (χ2v) is 15.6. The van der Waals surface area contributed by atoms with E-state index in [0.29, 0.717) is 25.7 Å². The average molecular weight is 1070 g/mol. The molecule has 8 unspecified atom stereocenters. The zero-order chi connectivity index (χ0) is 43.0. The molecule has 0 N–H and O–H groups in total. The Morgan fingerprint density at radius 3 is 1.16 bits per heavy atom. The number of piperidine rings is 4. The van der Waals surface area contributed by atoms with Gasteiger partial charge in [-0.2, -0.15) is 38.4 Å². The second-order valence-electron chi connectivity index (χ2n) is 13.7. The summed E-state index contributed by atoms with van der Waals surface area (Å²) < 4.78 is 213. The molecule has 1 radical (unpaired) electrons. The van der Waals surface area contributed by atoms with Crippen LogP contribution < -0.4 is 0 Å². The summed E-state index contributed by atoms with van der Waals surface area (Å²) in [6.07, 6.45) is -6.93. The summed E-state index contributed by atoms with van der Waals surface area (Å²) in [7, 11) is -10.7. The van der Waals surface area contributed by atoms with Gasteiger partial charge < -0.3 is 21.3 Å². The van der Waals surface area contributed by atoms with Crippen LogP contribution >= 0.6 is 7.81 Å². The van der Waals surface area contributed by atoms with Gasteiger partial charge in [-0.15, -0.1) is 73.7 Å². The Labute approximate surface area is 335 Å². The van der Waals surface area contributed by atoms with E-state index in [9.17, 15) is 77.9 Å². The fraction of sp³-hybridized carbons (Fsp3) is 0.647. The van der Waals surface area contributed by atoms with Gasteiger partial charge in [-0.3, -0.25) is 29.0 Å².